The summed E-state index contributed by atoms with van der Waals surface area (Å²) in [5, 5.41) is 0. The van der Waals surface area contributed by atoms with Gasteiger partial charge in [0.2, 0.25) is 0 Å². The molecule has 0 bridgehead atoms. The van der Waals surface area contributed by atoms with E-state index in [0.717, 1.165) is 56.9 Å². The summed E-state index contributed by atoms with van der Waals surface area (Å²) in [6, 6.07) is 16.4. The van der Waals surface area contributed by atoms with Crippen LogP contribution < -0.4 is 0 Å². The topological polar surface area (TPSA) is 25.8 Å². The Morgan fingerprint density at radius 3 is 1.32 bits per heavy atom. The fraction of sp³-hybridized carbons (Fsp3) is 0.312. The SMILES string of the molecule is CC(C)CCc1ccc(-c2ccc(-c3c(F)c(F)c(-c4ccc(-c5ccc(CCC(C)C)s5)s4)c4nsnc34)s2)s1. The van der Waals surface area contributed by atoms with E-state index in [0.29, 0.717) is 32.6 Å². The standard InChI is InChI=1S/C32H30F2N2S5/c1-17(2)5-7-19-9-11-21(37-19)23-13-15-25(39-23)27-29(33)30(34)28(32-31(27)35-41-36-32)26-16-14-24(40-26)22-12-10-20(38-22)8-6-18(3)4/h9-18H,5-8H2,1-4H3. The maximum atomic E-state index is 15.9. The molecule has 6 rings (SSSR count). The van der Waals surface area contributed by atoms with Crippen LogP contribution in [0.2, 0.25) is 0 Å². The van der Waals surface area contributed by atoms with Crippen molar-refractivity contribution in [3.8, 4) is 40.4 Å². The zero-order valence-corrected chi connectivity index (χ0v) is 27.4. The van der Waals surface area contributed by atoms with Crippen LogP contribution in [-0.2, 0) is 12.8 Å². The second kappa shape index (κ2) is 12.1. The first-order valence-corrected chi connectivity index (χ1v) is 17.8. The van der Waals surface area contributed by atoms with E-state index < -0.39 is 11.6 Å². The van der Waals surface area contributed by atoms with Crippen LogP contribution in [0.1, 0.15) is 50.3 Å². The number of hydrogen-bond donors (Lipinski definition) is 0. The highest BCUT2D eigenvalue weighted by Gasteiger charge is 2.27. The van der Waals surface area contributed by atoms with Crippen LogP contribution in [0, 0.1) is 23.5 Å². The molecule has 0 atom stereocenters. The molecule has 0 radical (unpaired) electrons. The molecule has 5 heterocycles. The van der Waals surface area contributed by atoms with Gasteiger partial charge < -0.3 is 0 Å². The van der Waals surface area contributed by atoms with Gasteiger partial charge in [0.1, 0.15) is 11.0 Å². The Hall–Kier alpha value is -2.30. The third kappa shape index (κ3) is 5.97. The molecule has 212 valence electrons. The first kappa shape index (κ1) is 28.8. The number of nitrogens with zero attached hydrogens (tertiary/aromatic N) is 2. The molecule has 0 aliphatic rings. The molecular weight excluding hydrogens is 611 g/mol. The normalized spacial score (nSPS) is 12.0. The van der Waals surface area contributed by atoms with Gasteiger partial charge >= 0.3 is 0 Å². The summed E-state index contributed by atoms with van der Waals surface area (Å²) in [6.07, 6.45) is 4.42. The second-order valence-corrected chi connectivity index (χ2v) is 16.1. The zero-order valence-electron chi connectivity index (χ0n) is 23.3. The molecule has 1 aromatic carbocycles. The summed E-state index contributed by atoms with van der Waals surface area (Å²) in [7, 11) is 0. The van der Waals surface area contributed by atoms with E-state index in [9.17, 15) is 0 Å². The van der Waals surface area contributed by atoms with Crippen molar-refractivity contribution >= 4 is 68.1 Å². The van der Waals surface area contributed by atoms with Crippen molar-refractivity contribution in [1.29, 1.82) is 0 Å². The predicted octanol–water partition coefficient (Wildman–Crippen LogP) is 12.1. The van der Waals surface area contributed by atoms with Crippen LogP contribution >= 0.6 is 57.1 Å². The van der Waals surface area contributed by atoms with Gasteiger partial charge in [-0.3, -0.25) is 0 Å². The minimum Gasteiger partial charge on any atom is -0.203 e. The van der Waals surface area contributed by atoms with Crippen molar-refractivity contribution in [3.05, 3.63) is 69.9 Å². The fourth-order valence-corrected chi connectivity index (χ4v) is 9.63. The summed E-state index contributed by atoms with van der Waals surface area (Å²) >= 11 is 7.49. The van der Waals surface area contributed by atoms with Gasteiger partial charge in [0.05, 0.1) is 22.9 Å². The van der Waals surface area contributed by atoms with Gasteiger partial charge in [-0.15, -0.1) is 45.3 Å². The van der Waals surface area contributed by atoms with Crippen LogP contribution in [0.25, 0.3) is 51.4 Å². The van der Waals surface area contributed by atoms with Crippen LogP contribution in [0.5, 0.6) is 0 Å². The molecule has 41 heavy (non-hydrogen) atoms. The summed E-state index contributed by atoms with van der Waals surface area (Å²) in [5.74, 6) is -0.403. The molecule has 9 heteroatoms. The average Bonchev–Trinajstić information content (AvgIpc) is 3.76. The van der Waals surface area contributed by atoms with Crippen LogP contribution in [0.3, 0.4) is 0 Å². The number of aromatic nitrogens is 2. The Morgan fingerprint density at radius 1 is 0.537 bits per heavy atom. The highest BCUT2D eigenvalue weighted by molar-refractivity contribution is 7.24. The fourth-order valence-electron chi connectivity index (χ4n) is 4.75. The molecular formula is C32H30F2N2S5. The molecule has 0 aliphatic carbocycles. The molecule has 0 aliphatic heterocycles. The third-order valence-electron chi connectivity index (χ3n) is 7.04. The van der Waals surface area contributed by atoms with E-state index in [1.54, 1.807) is 22.7 Å². The predicted molar refractivity (Wildman–Crippen MR) is 177 cm³/mol. The molecule has 2 nitrogen and oxygen atoms in total. The van der Waals surface area contributed by atoms with E-state index in [4.69, 9.17) is 0 Å². The van der Waals surface area contributed by atoms with Crippen molar-refractivity contribution in [2.45, 2.75) is 53.4 Å². The Balaban J connectivity index is 1.32. The lowest BCUT2D eigenvalue weighted by molar-refractivity contribution is 0.516. The van der Waals surface area contributed by atoms with E-state index in [-0.39, 0.29) is 11.1 Å². The number of thiophene rings is 4. The summed E-state index contributed by atoms with van der Waals surface area (Å²) in [6.45, 7) is 8.94. The van der Waals surface area contributed by atoms with Crippen molar-refractivity contribution in [2.24, 2.45) is 11.8 Å². The number of rotatable bonds is 10. The largest absolute Gasteiger partial charge is 0.203 e. The molecule has 0 fully saturated rings. The molecule has 5 aromatic heterocycles. The van der Waals surface area contributed by atoms with Gasteiger partial charge in [-0.05, 0) is 86.1 Å². The Bertz CT molecular complexity index is 1670. The number of hydrogen-bond acceptors (Lipinski definition) is 7. The quantitative estimate of drug-likeness (QED) is 0.149. The molecule has 0 saturated carbocycles. The Kier molecular flexibility index (Phi) is 8.52. The van der Waals surface area contributed by atoms with Gasteiger partial charge in [0, 0.05) is 39.0 Å². The lowest BCUT2D eigenvalue weighted by Crippen LogP contribution is -1.95. The molecule has 0 N–H and O–H groups in total. The summed E-state index contributed by atoms with van der Waals surface area (Å²) in [4.78, 5) is 8.42. The summed E-state index contributed by atoms with van der Waals surface area (Å²) in [5.41, 5.74) is 1.24. The van der Waals surface area contributed by atoms with Crippen molar-refractivity contribution < 1.29 is 8.78 Å². The first-order valence-electron chi connectivity index (χ1n) is 13.8. The van der Waals surface area contributed by atoms with E-state index in [1.807, 2.05) is 24.3 Å². The highest BCUT2D eigenvalue weighted by Crippen LogP contribution is 2.46. The number of fused-ring (bicyclic) bond motifs is 1. The smallest absolute Gasteiger partial charge is 0.170 e. The first-order chi connectivity index (χ1) is 19.8. The van der Waals surface area contributed by atoms with Crippen molar-refractivity contribution in [2.75, 3.05) is 0 Å². The second-order valence-electron chi connectivity index (χ2n) is 11.1. The van der Waals surface area contributed by atoms with E-state index in [1.165, 1.54) is 32.4 Å². The molecule has 0 unspecified atom stereocenters. The highest BCUT2D eigenvalue weighted by atomic mass is 32.1. The van der Waals surface area contributed by atoms with Crippen LogP contribution in [0.4, 0.5) is 8.78 Å². The number of halogens is 2. The van der Waals surface area contributed by atoms with E-state index >= 15 is 8.78 Å². The Morgan fingerprint density at radius 2 is 0.902 bits per heavy atom. The van der Waals surface area contributed by atoms with Gasteiger partial charge in [-0.1, -0.05) is 27.7 Å². The maximum Gasteiger partial charge on any atom is 0.170 e. The minimum atomic E-state index is -0.862. The van der Waals surface area contributed by atoms with E-state index in [2.05, 4.69) is 60.7 Å². The zero-order chi connectivity index (χ0) is 28.7. The molecule has 6 aromatic rings. The van der Waals surface area contributed by atoms with Gasteiger partial charge in [-0.25, -0.2) is 8.78 Å². The van der Waals surface area contributed by atoms with Gasteiger partial charge in [0.25, 0.3) is 0 Å². The molecule has 0 saturated heterocycles. The number of benzene rings is 1. The molecule has 0 amide bonds. The lowest BCUT2D eigenvalue weighted by atomic mass is 10.0. The van der Waals surface area contributed by atoms with Crippen LogP contribution in [0.15, 0.2) is 48.5 Å². The lowest BCUT2D eigenvalue weighted by Gasteiger charge is -2.08. The Labute approximate surface area is 259 Å². The monoisotopic (exact) mass is 640 g/mol. The minimum absolute atomic E-state index is 0.202. The van der Waals surface area contributed by atoms with Crippen molar-refractivity contribution in [1.82, 2.24) is 8.75 Å². The number of aryl methyl sites for hydroxylation is 2. The van der Waals surface area contributed by atoms with Crippen LogP contribution in [-0.4, -0.2) is 8.75 Å². The van der Waals surface area contributed by atoms with Gasteiger partial charge in [-0.2, -0.15) is 8.75 Å². The maximum absolute atomic E-state index is 15.9. The third-order valence-corrected chi connectivity index (χ3v) is 12.5. The average molecular weight is 641 g/mol. The molecule has 0 spiro atoms. The summed E-state index contributed by atoms with van der Waals surface area (Å²) < 4.78 is 40.7. The van der Waals surface area contributed by atoms with Crippen molar-refractivity contribution in [3.63, 3.8) is 0 Å². The van der Waals surface area contributed by atoms with Gasteiger partial charge in [0.15, 0.2) is 11.6 Å².